The number of nitrogens with zero attached hydrogens (tertiary/aromatic N) is 4. The van der Waals surface area contributed by atoms with Crippen LogP contribution in [0.25, 0.3) is 22.1 Å². The predicted octanol–water partition coefficient (Wildman–Crippen LogP) is 1.18. The Morgan fingerprint density at radius 2 is 1.48 bits per heavy atom. The van der Waals surface area contributed by atoms with Crippen molar-refractivity contribution >= 4 is 40.3 Å². The Bertz CT molecular complexity index is 919. The van der Waals surface area contributed by atoms with E-state index in [1.54, 1.807) is 0 Å². The van der Waals surface area contributed by atoms with Crippen molar-refractivity contribution in [3.05, 3.63) is 39.1 Å². The van der Waals surface area contributed by atoms with E-state index in [0.29, 0.717) is 0 Å². The number of aromatic nitrogens is 2. The van der Waals surface area contributed by atoms with Crippen molar-refractivity contribution in [1.29, 1.82) is 0 Å². The molecular formula is C21H28CsN4O3-. The van der Waals surface area contributed by atoms with Crippen LogP contribution in [0.1, 0.15) is 25.7 Å². The van der Waals surface area contributed by atoms with E-state index in [4.69, 9.17) is 24.3 Å². The van der Waals surface area contributed by atoms with Crippen molar-refractivity contribution in [2.24, 2.45) is 0 Å². The summed E-state index contributed by atoms with van der Waals surface area (Å²) in [4.78, 5) is 22.8. The van der Waals surface area contributed by atoms with Crippen molar-refractivity contribution in [3.63, 3.8) is 0 Å². The molecule has 7 nitrogen and oxygen atoms in total. The number of carbonyl (C=O) groups is 1. The van der Waals surface area contributed by atoms with Gasteiger partial charge in [0.1, 0.15) is 11.1 Å². The molecule has 4 heterocycles. The van der Waals surface area contributed by atoms with Crippen LogP contribution in [0.5, 0.6) is 0 Å². The predicted molar refractivity (Wildman–Crippen MR) is 114 cm³/mol. The van der Waals surface area contributed by atoms with Crippen LogP contribution in [0.2, 0.25) is 0 Å². The number of hydrogen-bond acceptors (Lipinski definition) is 6. The number of furan rings is 1. The third kappa shape index (κ3) is 5.48. The molecule has 29 heavy (non-hydrogen) atoms. The molecule has 0 atom stereocenters. The van der Waals surface area contributed by atoms with Gasteiger partial charge in [-0.2, -0.15) is 4.98 Å². The number of rotatable bonds is 2. The van der Waals surface area contributed by atoms with Crippen LogP contribution in [0.4, 0.5) is 11.8 Å². The first-order valence-electron chi connectivity index (χ1n) is 9.09. The van der Waals surface area contributed by atoms with Gasteiger partial charge in [-0.15, -0.1) is 0 Å². The van der Waals surface area contributed by atoms with E-state index in [1.165, 1.54) is 25.7 Å². The summed E-state index contributed by atoms with van der Waals surface area (Å²) in [5.41, 5.74) is 2.70. The van der Waals surface area contributed by atoms with E-state index in [-0.39, 0.29) is 90.2 Å². The largest absolute Gasteiger partial charge is 1.00 e. The molecule has 3 aromatic rings. The average molecular weight is 517 g/mol. The van der Waals surface area contributed by atoms with Gasteiger partial charge in [0.05, 0.1) is 0 Å². The number of carboxylic acid groups (broad SMARTS) is 1. The SMILES string of the molecule is O=CO.[CH3-].[CH3-].[Cs+].c1ccc2c(c1)oc1c(N3CCCC3)nc(N3CCCC3)nc12. The number of anilines is 2. The fraction of sp³-hybridized carbons (Fsp3) is 0.381. The Balaban J connectivity index is 0.000000664. The van der Waals surface area contributed by atoms with Crippen molar-refractivity contribution in [2.45, 2.75) is 25.7 Å². The number of benzene rings is 1. The third-order valence-corrected chi connectivity index (χ3v) is 4.98. The summed E-state index contributed by atoms with van der Waals surface area (Å²) in [6.45, 7) is 3.98. The molecule has 8 heteroatoms. The molecule has 0 unspecified atom stereocenters. The van der Waals surface area contributed by atoms with E-state index in [2.05, 4.69) is 15.9 Å². The summed E-state index contributed by atoms with van der Waals surface area (Å²) in [7, 11) is 0. The first kappa shape index (κ1) is 26.3. The van der Waals surface area contributed by atoms with Gasteiger partial charge in [0.15, 0.2) is 11.4 Å². The monoisotopic (exact) mass is 517 g/mol. The summed E-state index contributed by atoms with van der Waals surface area (Å²) in [6.07, 6.45) is 4.91. The molecule has 2 aliphatic rings. The standard InChI is InChI=1S/C18H20N4O.CH2O2.2CH3.Cs/c1-2-8-14-13(7-1)15-16(23-14)17(21-9-3-4-10-21)20-18(19-15)22-11-5-6-12-22;2-1-3;;;/h1-2,7-8H,3-6,9-12H2;1H,(H,2,3);2*1H3;/q;;2*-1;+1. The quantitative estimate of drug-likeness (QED) is 0.404. The fourth-order valence-electron chi connectivity index (χ4n) is 3.77. The van der Waals surface area contributed by atoms with Gasteiger partial charge in [-0.1, -0.05) is 12.1 Å². The van der Waals surface area contributed by atoms with Crippen molar-refractivity contribution in [3.8, 4) is 0 Å². The van der Waals surface area contributed by atoms with Gasteiger partial charge in [-0.25, -0.2) is 4.98 Å². The van der Waals surface area contributed by atoms with Crippen LogP contribution < -0.4 is 78.7 Å². The summed E-state index contributed by atoms with van der Waals surface area (Å²) >= 11 is 0. The Labute approximate surface area is 231 Å². The van der Waals surface area contributed by atoms with Gasteiger partial charge < -0.3 is 34.2 Å². The van der Waals surface area contributed by atoms with Gasteiger partial charge in [0.2, 0.25) is 5.95 Å². The van der Waals surface area contributed by atoms with Crippen LogP contribution >= 0.6 is 0 Å². The summed E-state index contributed by atoms with van der Waals surface area (Å²) in [5, 5.41) is 7.98. The van der Waals surface area contributed by atoms with Crippen LogP contribution in [0.15, 0.2) is 28.7 Å². The Morgan fingerprint density at radius 3 is 2.10 bits per heavy atom. The minimum Gasteiger partial charge on any atom is -0.483 e. The zero-order valence-electron chi connectivity index (χ0n) is 17.6. The number of para-hydroxylation sites is 1. The molecule has 0 saturated carbocycles. The van der Waals surface area contributed by atoms with Gasteiger partial charge in [-0.3, -0.25) is 4.79 Å². The molecule has 1 aromatic carbocycles. The molecule has 2 aromatic heterocycles. The number of fused-ring (bicyclic) bond motifs is 3. The molecule has 152 valence electrons. The van der Waals surface area contributed by atoms with Crippen LogP contribution in [-0.4, -0.2) is 47.7 Å². The van der Waals surface area contributed by atoms with Crippen molar-refractivity contribution in [2.75, 3.05) is 36.0 Å². The first-order valence-corrected chi connectivity index (χ1v) is 9.09. The second kappa shape index (κ2) is 12.2. The topological polar surface area (TPSA) is 82.7 Å². The molecule has 2 saturated heterocycles. The van der Waals surface area contributed by atoms with E-state index in [1.807, 2.05) is 18.2 Å². The van der Waals surface area contributed by atoms with E-state index in [0.717, 1.165) is 60.0 Å². The third-order valence-electron chi connectivity index (χ3n) is 4.98. The van der Waals surface area contributed by atoms with E-state index < -0.39 is 0 Å². The van der Waals surface area contributed by atoms with Gasteiger partial charge in [-0.05, 0) is 37.8 Å². The second-order valence-electron chi connectivity index (χ2n) is 6.62. The molecule has 5 rings (SSSR count). The Morgan fingerprint density at radius 1 is 0.931 bits per heavy atom. The zero-order valence-corrected chi connectivity index (χ0v) is 23.9. The van der Waals surface area contributed by atoms with Crippen LogP contribution in [0, 0.1) is 14.9 Å². The fourth-order valence-corrected chi connectivity index (χ4v) is 3.77. The first-order chi connectivity index (χ1) is 12.8. The van der Waals surface area contributed by atoms with Gasteiger partial charge in [0.25, 0.3) is 6.47 Å². The maximum absolute atomic E-state index is 8.36. The molecule has 0 radical (unpaired) electrons. The molecule has 1 N–H and O–H groups in total. The zero-order chi connectivity index (χ0) is 17.9. The minimum absolute atomic E-state index is 0. The summed E-state index contributed by atoms with van der Waals surface area (Å²) in [6, 6.07) is 8.16. The molecule has 0 amide bonds. The minimum atomic E-state index is -0.250. The normalized spacial score (nSPS) is 15.2. The van der Waals surface area contributed by atoms with Gasteiger partial charge >= 0.3 is 68.9 Å². The molecule has 0 spiro atoms. The Kier molecular flexibility index (Phi) is 11.0. The molecule has 2 fully saturated rings. The molecular weight excluding hydrogens is 489 g/mol. The average Bonchev–Trinajstić information content (AvgIpc) is 3.41. The summed E-state index contributed by atoms with van der Waals surface area (Å²) < 4.78 is 6.13. The van der Waals surface area contributed by atoms with Crippen molar-refractivity contribution in [1.82, 2.24) is 9.97 Å². The van der Waals surface area contributed by atoms with E-state index >= 15 is 0 Å². The summed E-state index contributed by atoms with van der Waals surface area (Å²) in [5.74, 6) is 1.84. The van der Waals surface area contributed by atoms with E-state index in [9.17, 15) is 0 Å². The van der Waals surface area contributed by atoms with Crippen LogP contribution in [-0.2, 0) is 4.79 Å². The molecule has 0 bridgehead atoms. The molecule has 0 aliphatic carbocycles. The second-order valence-corrected chi connectivity index (χ2v) is 6.62. The maximum Gasteiger partial charge on any atom is 1.00 e. The van der Waals surface area contributed by atoms with Crippen molar-refractivity contribution < 1.29 is 83.2 Å². The van der Waals surface area contributed by atoms with Gasteiger partial charge in [0, 0.05) is 31.6 Å². The maximum atomic E-state index is 8.36. The Hall–Kier alpha value is -0.778. The number of hydrogen-bond donors (Lipinski definition) is 1. The molecule has 2 aliphatic heterocycles. The van der Waals surface area contributed by atoms with Crippen LogP contribution in [0.3, 0.4) is 0 Å². The smallest absolute Gasteiger partial charge is 0.483 e.